The molecular weight excluding hydrogens is 445 g/mol. The van der Waals surface area contributed by atoms with Crippen LogP contribution in [-0.4, -0.2) is 73.8 Å². The molecule has 0 bridgehead atoms. The molecule has 1 aliphatic rings. The van der Waals surface area contributed by atoms with Crippen molar-refractivity contribution in [3.63, 3.8) is 0 Å². The quantitative estimate of drug-likeness (QED) is 0.222. The van der Waals surface area contributed by atoms with Crippen molar-refractivity contribution in [1.82, 2.24) is 20.9 Å². The van der Waals surface area contributed by atoms with Crippen LogP contribution in [0.15, 0.2) is 4.99 Å². The number of aliphatic imine (C=N–C) groups is 1. The molecule has 1 heterocycles. The maximum absolute atomic E-state index is 11.9. The van der Waals surface area contributed by atoms with Gasteiger partial charge in [0.15, 0.2) is 5.96 Å². The second-order valence-electron chi connectivity index (χ2n) is 7.79. The van der Waals surface area contributed by atoms with Crippen molar-refractivity contribution in [2.24, 2.45) is 4.99 Å². The van der Waals surface area contributed by atoms with Crippen LogP contribution in [0.2, 0.25) is 0 Å². The van der Waals surface area contributed by atoms with Crippen molar-refractivity contribution >= 4 is 35.8 Å². The zero-order valence-corrected chi connectivity index (χ0v) is 19.6. The fourth-order valence-electron chi connectivity index (χ4n) is 2.93. The number of hydrogen-bond donors (Lipinski definition) is 3. The molecule has 0 aromatic heterocycles. The summed E-state index contributed by atoms with van der Waals surface area (Å²) in [6, 6.07) is 0. The molecule has 3 N–H and O–H groups in total. The van der Waals surface area contributed by atoms with E-state index >= 15 is 0 Å². The Labute approximate surface area is 176 Å². The Balaban J connectivity index is 0.00000625. The zero-order valence-electron chi connectivity index (χ0n) is 17.2. The minimum absolute atomic E-state index is 0. The predicted molar refractivity (Wildman–Crippen MR) is 118 cm³/mol. The van der Waals surface area contributed by atoms with Crippen molar-refractivity contribution in [2.75, 3.05) is 39.3 Å². The minimum Gasteiger partial charge on any atom is -0.373 e. The molecule has 0 aromatic rings. The molecule has 0 radical (unpaired) electrons. The zero-order chi connectivity index (χ0) is 18.9. The van der Waals surface area contributed by atoms with E-state index in [-0.39, 0.29) is 42.0 Å². The number of carbonyl (C=O) groups excluding carboxylic acids is 1. The molecule has 0 aliphatic carbocycles. The first-order valence-electron chi connectivity index (χ1n) is 9.40. The van der Waals surface area contributed by atoms with Crippen LogP contribution < -0.4 is 16.0 Å². The van der Waals surface area contributed by atoms with Crippen LogP contribution >= 0.6 is 24.0 Å². The second-order valence-corrected chi connectivity index (χ2v) is 7.79. The number of morpholine rings is 1. The Morgan fingerprint density at radius 2 is 1.81 bits per heavy atom. The van der Waals surface area contributed by atoms with Crippen molar-refractivity contribution in [3.05, 3.63) is 0 Å². The maximum atomic E-state index is 11.9. The number of ether oxygens (including phenoxy) is 1. The maximum Gasteiger partial charge on any atom is 0.242 e. The van der Waals surface area contributed by atoms with Gasteiger partial charge in [-0.1, -0.05) is 0 Å². The predicted octanol–water partition coefficient (Wildman–Crippen LogP) is 1.57. The molecule has 1 rings (SSSR count). The van der Waals surface area contributed by atoms with Gasteiger partial charge in [-0.2, -0.15) is 0 Å². The first-order chi connectivity index (χ1) is 11.7. The fraction of sp³-hybridized carbons (Fsp3) is 0.889. The molecule has 8 heteroatoms. The van der Waals surface area contributed by atoms with Crippen LogP contribution in [0.3, 0.4) is 0 Å². The summed E-state index contributed by atoms with van der Waals surface area (Å²) in [5.41, 5.74) is -0.231. The van der Waals surface area contributed by atoms with E-state index in [1.807, 2.05) is 27.7 Å². The van der Waals surface area contributed by atoms with E-state index in [4.69, 9.17) is 4.74 Å². The summed E-state index contributed by atoms with van der Waals surface area (Å²) in [5.74, 6) is 0.622. The Morgan fingerprint density at radius 1 is 1.19 bits per heavy atom. The van der Waals surface area contributed by atoms with Crippen LogP contribution in [0.5, 0.6) is 0 Å². The fourth-order valence-corrected chi connectivity index (χ4v) is 2.93. The molecule has 0 aromatic carbocycles. The van der Waals surface area contributed by atoms with Gasteiger partial charge in [0.1, 0.15) is 6.54 Å². The van der Waals surface area contributed by atoms with Crippen LogP contribution in [0.1, 0.15) is 48.0 Å². The number of nitrogens with one attached hydrogen (secondary N) is 3. The summed E-state index contributed by atoms with van der Waals surface area (Å²) in [7, 11) is 0. The highest BCUT2D eigenvalue weighted by Gasteiger charge is 2.21. The van der Waals surface area contributed by atoms with Gasteiger partial charge in [-0.15, -0.1) is 24.0 Å². The SMILES string of the molecule is CCNC(=NCC(=O)NC(C)(C)C)NCCCN1CC(C)OC(C)C1.I. The van der Waals surface area contributed by atoms with Crippen LogP contribution in [-0.2, 0) is 9.53 Å². The molecular formula is C18H38IN5O2. The third kappa shape index (κ3) is 11.9. The largest absolute Gasteiger partial charge is 0.373 e. The monoisotopic (exact) mass is 483 g/mol. The highest BCUT2D eigenvalue weighted by molar-refractivity contribution is 14.0. The van der Waals surface area contributed by atoms with Gasteiger partial charge in [0.2, 0.25) is 5.91 Å². The van der Waals surface area contributed by atoms with Crippen LogP contribution in [0.4, 0.5) is 0 Å². The summed E-state index contributed by atoms with van der Waals surface area (Å²) >= 11 is 0. The van der Waals surface area contributed by atoms with Gasteiger partial charge in [-0.05, 0) is 48.0 Å². The molecule has 2 atom stereocenters. The highest BCUT2D eigenvalue weighted by Crippen LogP contribution is 2.10. The summed E-state index contributed by atoms with van der Waals surface area (Å²) < 4.78 is 5.76. The number of amides is 1. The van der Waals surface area contributed by atoms with E-state index < -0.39 is 0 Å². The van der Waals surface area contributed by atoms with Gasteiger partial charge in [-0.25, -0.2) is 4.99 Å². The summed E-state index contributed by atoms with van der Waals surface area (Å²) in [6.07, 6.45) is 1.63. The number of rotatable bonds is 7. The molecule has 1 fully saturated rings. The van der Waals surface area contributed by atoms with E-state index in [0.29, 0.717) is 18.2 Å². The third-order valence-electron chi connectivity index (χ3n) is 3.68. The summed E-state index contributed by atoms with van der Waals surface area (Å²) in [6.45, 7) is 16.9. The summed E-state index contributed by atoms with van der Waals surface area (Å²) in [5, 5.41) is 9.40. The van der Waals surface area contributed by atoms with E-state index in [0.717, 1.165) is 39.1 Å². The minimum atomic E-state index is -0.231. The second kappa shape index (κ2) is 12.7. The van der Waals surface area contributed by atoms with Crippen molar-refractivity contribution in [3.8, 4) is 0 Å². The number of hydrogen-bond acceptors (Lipinski definition) is 4. The van der Waals surface area contributed by atoms with Gasteiger partial charge in [0.25, 0.3) is 0 Å². The molecule has 1 aliphatic heterocycles. The first-order valence-corrected chi connectivity index (χ1v) is 9.40. The lowest BCUT2D eigenvalue weighted by Gasteiger charge is -2.35. The van der Waals surface area contributed by atoms with E-state index in [2.05, 4.69) is 39.7 Å². The normalized spacial score (nSPS) is 21.7. The van der Waals surface area contributed by atoms with Crippen LogP contribution in [0.25, 0.3) is 0 Å². The van der Waals surface area contributed by atoms with Crippen LogP contribution in [0, 0.1) is 0 Å². The molecule has 154 valence electrons. The molecule has 0 saturated carbocycles. The lowest BCUT2D eigenvalue weighted by atomic mass is 10.1. The average molecular weight is 483 g/mol. The van der Waals surface area contributed by atoms with Gasteiger partial charge in [-0.3, -0.25) is 9.69 Å². The number of guanidine groups is 1. The Morgan fingerprint density at radius 3 is 2.35 bits per heavy atom. The third-order valence-corrected chi connectivity index (χ3v) is 3.68. The Kier molecular flexibility index (Phi) is 12.4. The van der Waals surface area contributed by atoms with Gasteiger partial charge < -0.3 is 20.7 Å². The highest BCUT2D eigenvalue weighted by atomic mass is 127. The lowest BCUT2D eigenvalue weighted by Crippen LogP contribution is -2.46. The van der Waals surface area contributed by atoms with E-state index in [1.165, 1.54) is 0 Å². The molecule has 0 spiro atoms. The average Bonchev–Trinajstić information content (AvgIpc) is 2.46. The van der Waals surface area contributed by atoms with Crippen molar-refractivity contribution < 1.29 is 9.53 Å². The van der Waals surface area contributed by atoms with Gasteiger partial charge >= 0.3 is 0 Å². The Bertz CT molecular complexity index is 430. The van der Waals surface area contributed by atoms with E-state index in [9.17, 15) is 4.79 Å². The van der Waals surface area contributed by atoms with E-state index in [1.54, 1.807) is 0 Å². The smallest absolute Gasteiger partial charge is 0.242 e. The molecule has 26 heavy (non-hydrogen) atoms. The van der Waals surface area contributed by atoms with Crippen molar-refractivity contribution in [2.45, 2.75) is 65.7 Å². The topological polar surface area (TPSA) is 78.0 Å². The number of carbonyl (C=O) groups is 1. The molecule has 2 unspecified atom stereocenters. The number of halogens is 1. The molecule has 1 amide bonds. The molecule has 7 nitrogen and oxygen atoms in total. The standard InChI is InChI=1S/C18H37N5O2.HI/c1-7-19-17(21-11-16(24)22-18(4,5)6)20-9-8-10-23-12-14(2)25-15(3)13-23;/h14-15H,7-13H2,1-6H3,(H,22,24)(H2,19,20,21);1H. The Hall–Kier alpha value is -0.610. The molecule has 1 saturated heterocycles. The lowest BCUT2D eigenvalue weighted by molar-refractivity contribution is -0.121. The number of nitrogens with zero attached hydrogens (tertiary/aromatic N) is 2. The first kappa shape index (κ1) is 25.4. The summed E-state index contributed by atoms with van der Waals surface area (Å²) in [4.78, 5) is 18.7. The van der Waals surface area contributed by atoms with Gasteiger partial charge in [0.05, 0.1) is 12.2 Å². The van der Waals surface area contributed by atoms with Crippen molar-refractivity contribution in [1.29, 1.82) is 0 Å². The van der Waals surface area contributed by atoms with Gasteiger partial charge in [0, 0.05) is 38.3 Å².